The molecule has 0 spiro atoms. The van der Waals surface area contributed by atoms with Gasteiger partial charge in [-0.2, -0.15) is 0 Å². The number of ether oxygens (including phenoxy) is 1. The molecule has 2 heterocycles. The van der Waals surface area contributed by atoms with Gasteiger partial charge in [-0.3, -0.25) is 0 Å². The zero-order chi connectivity index (χ0) is 19.8. The Kier molecular flexibility index (Phi) is 4.81. The molecule has 5 rings (SSSR count). The third kappa shape index (κ3) is 3.77. The lowest BCUT2D eigenvalue weighted by atomic mass is 9.95. The van der Waals surface area contributed by atoms with Gasteiger partial charge < -0.3 is 20.1 Å². The molecule has 2 aromatic heterocycles. The zero-order valence-electron chi connectivity index (χ0n) is 15.6. The van der Waals surface area contributed by atoms with E-state index in [1.54, 1.807) is 12.5 Å². The Morgan fingerprint density at radius 2 is 1.97 bits per heavy atom. The lowest BCUT2D eigenvalue weighted by Crippen LogP contribution is -2.26. The third-order valence-corrected chi connectivity index (χ3v) is 5.89. The number of aliphatic hydroxyl groups excluding tert-OH is 1. The maximum atomic E-state index is 9.75. The number of H-pyrrole nitrogens is 1. The van der Waals surface area contributed by atoms with Gasteiger partial charge in [0.15, 0.2) is 5.75 Å². The fraction of sp³-hybridized carbons (Fsp3) is 0.286. The Bertz CT molecular complexity index is 1170. The summed E-state index contributed by atoms with van der Waals surface area (Å²) in [4.78, 5) is 16.5. The van der Waals surface area contributed by atoms with E-state index >= 15 is 0 Å². The molecule has 0 amide bonds. The summed E-state index contributed by atoms with van der Waals surface area (Å²) in [6.45, 7) is 0. The number of rotatable bonds is 4. The van der Waals surface area contributed by atoms with Crippen molar-refractivity contribution in [1.82, 2.24) is 19.9 Å². The highest BCUT2D eigenvalue weighted by Crippen LogP contribution is 2.36. The summed E-state index contributed by atoms with van der Waals surface area (Å²) in [5.74, 6) is 1.22. The average molecular weight is 454 g/mol. The summed E-state index contributed by atoms with van der Waals surface area (Å²) in [5.41, 5.74) is 3.49. The van der Waals surface area contributed by atoms with Crippen molar-refractivity contribution in [2.24, 2.45) is 0 Å². The number of halogens is 1. The second-order valence-electron chi connectivity index (χ2n) is 7.32. The summed E-state index contributed by atoms with van der Waals surface area (Å²) in [7, 11) is 0. The number of hydrogen-bond acceptors (Lipinski definition) is 6. The Labute approximate surface area is 175 Å². The molecule has 0 atom stereocenters. The van der Waals surface area contributed by atoms with Crippen LogP contribution in [0.2, 0.25) is 0 Å². The lowest BCUT2D eigenvalue weighted by Gasteiger charge is -2.27. The van der Waals surface area contributed by atoms with Crippen molar-refractivity contribution >= 4 is 49.5 Å². The van der Waals surface area contributed by atoms with Crippen LogP contribution in [0.4, 0.5) is 11.6 Å². The van der Waals surface area contributed by atoms with Crippen LogP contribution in [0.3, 0.4) is 0 Å². The number of aliphatic hydroxyl groups is 1. The maximum Gasteiger partial charge on any atom is 0.227 e. The fourth-order valence-corrected chi connectivity index (χ4v) is 4.10. The van der Waals surface area contributed by atoms with Gasteiger partial charge in [-0.15, -0.1) is 0 Å². The smallest absolute Gasteiger partial charge is 0.227 e. The topological polar surface area (TPSA) is 96.0 Å². The molecule has 1 fully saturated rings. The summed E-state index contributed by atoms with van der Waals surface area (Å²) in [6, 6.07) is 9.79. The lowest BCUT2D eigenvalue weighted by molar-refractivity contribution is 0.0669. The summed E-state index contributed by atoms with van der Waals surface area (Å²) in [6.07, 6.45) is 6.55. The molecule has 1 aliphatic rings. The number of aromatic amines is 1. The highest BCUT2D eigenvalue weighted by molar-refractivity contribution is 9.10. The minimum atomic E-state index is -0.212. The van der Waals surface area contributed by atoms with E-state index in [0.29, 0.717) is 5.95 Å². The van der Waals surface area contributed by atoms with Gasteiger partial charge >= 0.3 is 0 Å². The van der Waals surface area contributed by atoms with Crippen LogP contribution in [0.1, 0.15) is 25.7 Å². The molecular weight excluding hydrogens is 434 g/mol. The molecule has 0 bridgehead atoms. The van der Waals surface area contributed by atoms with E-state index in [2.05, 4.69) is 36.2 Å². The van der Waals surface area contributed by atoms with Crippen molar-refractivity contribution < 1.29 is 9.84 Å². The minimum absolute atomic E-state index is 0.0782. The Hall–Kier alpha value is -2.71. The van der Waals surface area contributed by atoms with Gasteiger partial charge in [0.1, 0.15) is 5.52 Å². The molecule has 4 aromatic rings. The molecule has 148 valence electrons. The van der Waals surface area contributed by atoms with Crippen LogP contribution in [-0.4, -0.2) is 37.3 Å². The number of benzene rings is 2. The Balaban J connectivity index is 1.46. The fourth-order valence-electron chi connectivity index (χ4n) is 3.69. The molecular formula is C21H20BrN5O2. The number of nitrogens with zero attached hydrogens (tertiary/aromatic N) is 3. The second-order valence-corrected chi connectivity index (χ2v) is 8.17. The molecule has 0 saturated heterocycles. The molecule has 7 nitrogen and oxygen atoms in total. The summed E-state index contributed by atoms with van der Waals surface area (Å²) in [5, 5.41) is 13.9. The molecule has 0 aliphatic heterocycles. The molecule has 8 heteroatoms. The van der Waals surface area contributed by atoms with E-state index in [-0.39, 0.29) is 12.2 Å². The highest BCUT2D eigenvalue weighted by Gasteiger charge is 2.23. The van der Waals surface area contributed by atoms with E-state index in [9.17, 15) is 5.11 Å². The normalized spacial score (nSPS) is 19.5. The van der Waals surface area contributed by atoms with Gasteiger partial charge in [-0.05, 0) is 71.9 Å². The van der Waals surface area contributed by atoms with Crippen molar-refractivity contribution in [3.8, 4) is 5.75 Å². The van der Waals surface area contributed by atoms with Crippen LogP contribution in [0.15, 0.2) is 47.3 Å². The van der Waals surface area contributed by atoms with Gasteiger partial charge in [-0.25, -0.2) is 15.0 Å². The van der Waals surface area contributed by atoms with E-state index in [1.165, 1.54) is 0 Å². The van der Waals surface area contributed by atoms with Crippen molar-refractivity contribution in [3.05, 3.63) is 47.3 Å². The highest BCUT2D eigenvalue weighted by atomic mass is 79.9. The van der Waals surface area contributed by atoms with Gasteiger partial charge in [0.2, 0.25) is 5.95 Å². The molecule has 1 aliphatic carbocycles. The van der Waals surface area contributed by atoms with Crippen molar-refractivity contribution in [3.63, 3.8) is 0 Å². The summed E-state index contributed by atoms with van der Waals surface area (Å²) < 4.78 is 7.17. The van der Waals surface area contributed by atoms with Crippen molar-refractivity contribution in [1.29, 1.82) is 0 Å². The predicted molar refractivity (Wildman–Crippen MR) is 116 cm³/mol. The first-order valence-corrected chi connectivity index (χ1v) is 10.4. The van der Waals surface area contributed by atoms with E-state index in [1.807, 2.05) is 30.3 Å². The quantitative estimate of drug-likeness (QED) is 0.414. The van der Waals surface area contributed by atoms with Gasteiger partial charge in [0.25, 0.3) is 0 Å². The molecule has 29 heavy (non-hydrogen) atoms. The standard InChI is InChI=1S/C21H20BrN5O2/c22-16-7-1-12-10-23-21(26-13-2-8-17-18(9-13)25-11-24-17)27-19(12)20(16)29-15-5-3-14(28)4-6-15/h1-2,7-11,14-15,28H,3-6H2,(H,24,25)(H,23,26,27). The van der Waals surface area contributed by atoms with Crippen molar-refractivity contribution in [2.45, 2.75) is 37.9 Å². The first kappa shape index (κ1) is 18.3. The first-order chi connectivity index (χ1) is 14.2. The van der Waals surface area contributed by atoms with Crippen LogP contribution >= 0.6 is 15.9 Å². The Morgan fingerprint density at radius 3 is 2.83 bits per heavy atom. The monoisotopic (exact) mass is 453 g/mol. The molecule has 0 radical (unpaired) electrons. The maximum absolute atomic E-state index is 9.75. The second kappa shape index (κ2) is 7.61. The van der Waals surface area contributed by atoms with E-state index in [4.69, 9.17) is 9.72 Å². The van der Waals surface area contributed by atoms with E-state index < -0.39 is 0 Å². The number of aromatic nitrogens is 4. The van der Waals surface area contributed by atoms with Crippen LogP contribution < -0.4 is 10.1 Å². The number of imidazole rings is 1. The predicted octanol–water partition coefficient (Wildman–Crippen LogP) is 4.69. The number of anilines is 2. The van der Waals surface area contributed by atoms with Crippen LogP contribution in [0.25, 0.3) is 21.9 Å². The molecule has 0 unspecified atom stereocenters. The first-order valence-electron chi connectivity index (χ1n) is 9.66. The average Bonchev–Trinajstić information content (AvgIpc) is 3.20. The third-order valence-electron chi connectivity index (χ3n) is 5.26. The van der Waals surface area contributed by atoms with Crippen LogP contribution in [-0.2, 0) is 0 Å². The van der Waals surface area contributed by atoms with Gasteiger partial charge in [0, 0.05) is 17.3 Å². The van der Waals surface area contributed by atoms with Crippen LogP contribution in [0.5, 0.6) is 5.75 Å². The number of nitrogens with one attached hydrogen (secondary N) is 2. The van der Waals surface area contributed by atoms with Gasteiger partial charge in [-0.1, -0.05) is 0 Å². The SMILES string of the molecule is OC1CCC(Oc2c(Br)ccc3cnc(Nc4ccc5nc[nH]c5c4)nc23)CC1. The number of fused-ring (bicyclic) bond motifs is 2. The Morgan fingerprint density at radius 1 is 1.10 bits per heavy atom. The summed E-state index contributed by atoms with van der Waals surface area (Å²) >= 11 is 3.60. The molecule has 2 aromatic carbocycles. The van der Waals surface area contributed by atoms with Crippen molar-refractivity contribution in [2.75, 3.05) is 5.32 Å². The minimum Gasteiger partial charge on any atom is -0.487 e. The van der Waals surface area contributed by atoms with E-state index in [0.717, 1.165) is 63.5 Å². The molecule has 3 N–H and O–H groups in total. The number of hydrogen-bond donors (Lipinski definition) is 3. The molecule has 1 saturated carbocycles. The van der Waals surface area contributed by atoms with Crippen LogP contribution in [0, 0.1) is 0 Å². The largest absolute Gasteiger partial charge is 0.487 e. The van der Waals surface area contributed by atoms with Gasteiger partial charge in [0.05, 0.1) is 34.0 Å². The zero-order valence-corrected chi connectivity index (χ0v) is 17.2.